The molecule has 0 aliphatic carbocycles. The van der Waals surface area contributed by atoms with E-state index in [0.29, 0.717) is 6.42 Å². The topological polar surface area (TPSA) is 64.1 Å². The molecular formula is C9H14BrN3O. The van der Waals surface area contributed by atoms with Crippen LogP contribution in [0.25, 0.3) is 0 Å². The van der Waals surface area contributed by atoms with E-state index in [9.17, 15) is 0 Å². The van der Waals surface area contributed by atoms with E-state index in [1.54, 1.807) is 0 Å². The number of imidazole rings is 1. The van der Waals surface area contributed by atoms with Crippen LogP contribution in [0.4, 0.5) is 0 Å². The smallest absolute Gasteiger partial charge is 0.129 e. The standard InChI is InChI=1S/C9H14BrN3O/c10-9-8-6(11)2-1-4-13(8)7(12-9)3-5-14/h6,14H,1-5,11H2. The molecule has 2 heterocycles. The van der Waals surface area contributed by atoms with Crippen molar-refractivity contribution in [2.45, 2.75) is 31.8 Å². The van der Waals surface area contributed by atoms with Crippen molar-refractivity contribution in [1.29, 1.82) is 0 Å². The maximum absolute atomic E-state index is 8.90. The minimum Gasteiger partial charge on any atom is -0.396 e. The maximum Gasteiger partial charge on any atom is 0.129 e. The minimum absolute atomic E-state index is 0.0815. The zero-order chi connectivity index (χ0) is 10.1. The summed E-state index contributed by atoms with van der Waals surface area (Å²) in [6.45, 7) is 1.11. The Morgan fingerprint density at radius 3 is 3.14 bits per heavy atom. The summed E-state index contributed by atoms with van der Waals surface area (Å²) in [4.78, 5) is 4.37. The van der Waals surface area contributed by atoms with Gasteiger partial charge < -0.3 is 15.4 Å². The normalized spacial score (nSPS) is 20.9. The molecule has 3 N–H and O–H groups in total. The molecule has 5 heteroatoms. The fourth-order valence-electron chi connectivity index (χ4n) is 1.98. The van der Waals surface area contributed by atoms with Gasteiger partial charge in [-0.05, 0) is 28.8 Å². The van der Waals surface area contributed by atoms with E-state index in [1.165, 1.54) is 0 Å². The molecule has 78 valence electrons. The molecule has 0 saturated carbocycles. The summed E-state index contributed by atoms with van der Waals surface area (Å²) in [5.41, 5.74) is 7.09. The van der Waals surface area contributed by atoms with Crippen molar-refractivity contribution in [3.8, 4) is 0 Å². The highest BCUT2D eigenvalue weighted by atomic mass is 79.9. The summed E-state index contributed by atoms with van der Waals surface area (Å²) in [6.07, 6.45) is 2.71. The maximum atomic E-state index is 8.90. The summed E-state index contributed by atoms with van der Waals surface area (Å²) in [7, 11) is 0. The molecule has 4 nitrogen and oxygen atoms in total. The Morgan fingerprint density at radius 1 is 1.64 bits per heavy atom. The molecule has 14 heavy (non-hydrogen) atoms. The number of nitrogens with two attached hydrogens (primary N) is 1. The monoisotopic (exact) mass is 259 g/mol. The van der Waals surface area contributed by atoms with Crippen LogP contribution >= 0.6 is 15.9 Å². The van der Waals surface area contributed by atoms with E-state index in [2.05, 4.69) is 25.5 Å². The molecule has 2 rings (SSSR count). The highest BCUT2D eigenvalue weighted by Gasteiger charge is 2.23. The van der Waals surface area contributed by atoms with Gasteiger partial charge in [-0.25, -0.2) is 4.98 Å². The Labute approximate surface area is 91.3 Å². The fraction of sp³-hybridized carbons (Fsp3) is 0.667. The van der Waals surface area contributed by atoms with E-state index >= 15 is 0 Å². The predicted octanol–water partition coefficient (Wildman–Crippen LogP) is 0.974. The Balaban J connectivity index is 2.41. The van der Waals surface area contributed by atoms with E-state index in [0.717, 1.165) is 35.5 Å². The van der Waals surface area contributed by atoms with Gasteiger partial charge >= 0.3 is 0 Å². The summed E-state index contributed by atoms with van der Waals surface area (Å²) >= 11 is 3.42. The molecule has 0 saturated heterocycles. The molecule has 0 fully saturated rings. The number of fused-ring (bicyclic) bond motifs is 1. The lowest BCUT2D eigenvalue weighted by molar-refractivity contribution is 0.293. The average molecular weight is 260 g/mol. The van der Waals surface area contributed by atoms with E-state index in [-0.39, 0.29) is 12.6 Å². The second-order valence-electron chi connectivity index (χ2n) is 3.58. The molecule has 1 aromatic rings. The first-order valence-electron chi connectivity index (χ1n) is 4.85. The number of halogens is 1. The quantitative estimate of drug-likeness (QED) is 0.832. The van der Waals surface area contributed by atoms with Crippen LogP contribution in [0, 0.1) is 0 Å². The Morgan fingerprint density at radius 2 is 2.43 bits per heavy atom. The van der Waals surface area contributed by atoms with Crippen molar-refractivity contribution in [1.82, 2.24) is 9.55 Å². The van der Waals surface area contributed by atoms with E-state index in [1.807, 2.05) is 0 Å². The molecule has 1 aliphatic heterocycles. The highest BCUT2D eigenvalue weighted by molar-refractivity contribution is 9.10. The number of hydrogen-bond donors (Lipinski definition) is 2. The molecule has 1 unspecified atom stereocenters. The molecule has 1 atom stereocenters. The highest BCUT2D eigenvalue weighted by Crippen LogP contribution is 2.30. The molecule has 1 aromatic heterocycles. The number of rotatable bonds is 2. The van der Waals surface area contributed by atoms with Crippen molar-refractivity contribution < 1.29 is 5.11 Å². The van der Waals surface area contributed by atoms with Crippen molar-refractivity contribution >= 4 is 15.9 Å². The van der Waals surface area contributed by atoms with Crippen molar-refractivity contribution in [3.63, 3.8) is 0 Å². The van der Waals surface area contributed by atoms with Crippen molar-refractivity contribution in [2.75, 3.05) is 6.61 Å². The fourth-order valence-corrected chi connectivity index (χ4v) is 2.69. The van der Waals surface area contributed by atoms with Crippen LogP contribution in [0.15, 0.2) is 4.60 Å². The van der Waals surface area contributed by atoms with Gasteiger partial charge in [-0.1, -0.05) is 0 Å². The molecule has 0 bridgehead atoms. The number of aromatic nitrogens is 2. The Bertz CT molecular complexity index is 337. The van der Waals surface area contributed by atoms with Gasteiger partial charge in [-0.15, -0.1) is 0 Å². The first-order valence-corrected chi connectivity index (χ1v) is 5.64. The first kappa shape index (κ1) is 10.1. The summed E-state index contributed by atoms with van der Waals surface area (Å²) < 4.78 is 2.97. The van der Waals surface area contributed by atoms with Crippen LogP contribution < -0.4 is 5.73 Å². The zero-order valence-corrected chi connectivity index (χ0v) is 9.50. The van der Waals surface area contributed by atoms with E-state index < -0.39 is 0 Å². The van der Waals surface area contributed by atoms with Crippen LogP contribution in [0.1, 0.15) is 30.4 Å². The van der Waals surface area contributed by atoms with Gasteiger partial charge in [0.25, 0.3) is 0 Å². The third-order valence-corrected chi connectivity index (χ3v) is 3.21. The SMILES string of the molecule is NC1CCCn2c(CCO)nc(Br)c21. The summed E-state index contributed by atoms with van der Waals surface area (Å²) in [6, 6.07) is 0.0815. The summed E-state index contributed by atoms with van der Waals surface area (Å²) in [5.74, 6) is 0.935. The zero-order valence-electron chi connectivity index (χ0n) is 7.91. The second-order valence-corrected chi connectivity index (χ2v) is 4.33. The number of nitrogens with zero attached hydrogens (tertiary/aromatic N) is 2. The summed E-state index contributed by atoms with van der Waals surface area (Å²) in [5, 5.41) is 8.90. The minimum atomic E-state index is 0.0815. The van der Waals surface area contributed by atoms with Crippen LogP contribution in [-0.2, 0) is 13.0 Å². The largest absolute Gasteiger partial charge is 0.396 e. The lowest BCUT2D eigenvalue weighted by Gasteiger charge is -2.22. The van der Waals surface area contributed by atoms with Crippen LogP contribution in [-0.4, -0.2) is 21.3 Å². The van der Waals surface area contributed by atoms with Crippen LogP contribution in [0.5, 0.6) is 0 Å². The lowest BCUT2D eigenvalue weighted by atomic mass is 10.1. The molecular weight excluding hydrogens is 246 g/mol. The number of hydrogen-bond acceptors (Lipinski definition) is 3. The van der Waals surface area contributed by atoms with Crippen LogP contribution in [0.3, 0.4) is 0 Å². The first-order chi connectivity index (χ1) is 6.74. The molecule has 0 spiro atoms. The van der Waals surface area contributed by atoms with Crippen molar-refractivity contribution in [2.24, 2.45) is 5.73 Å². The van der Waals surface area contributed by atoms with Gasteiger partial charge in [-0.3, -0.25) is 0 Å². The number of aliphatic hydroxyl groups excluding tert-OH is 1. The average Bonchev–Trinajstić information content (AvgIpc) is 2.46. The Kier molecular flexibility index (Phi) is 2.90. The number of aliphatic hydroxyl groups is 1. The predicted molar refractivity (Wildman–Crippen MR) is 56.9 cm³/mol. The van der Waals surface area contributed by atoms with Crippen molar-refractivity contribution in [3.05, 3.63) is 16.1 Å². The van der Waals surface area contributed by atoms with Gasteiger partial charge in [0.15, 0.2) is 0 Å². The molecule has 1 aliphatic rings. The van der Waals surface area contributed by atoms with Gasteiger partial charge in [0, 0.05) is 19.0 Å². The third kappa shape index (κ3) is 1.60. The Hall–Kier alpha value is -0.390. The van der Waals surface area contributed by atoms with Gasteiger partial charge in [0.2, 0.25) is 0 Å². The molecule has 0 amide bonds. The molecule has 0 radical (unpaired) electrons. The van der Waals surface area contributed by atoms with Gasteiger partial charge in [0.05, 0.1) is 12.3 Å². The lowest BCUT2D eigenvalue weighted by Crippen LogP contribution is -2.23. The second kappa shape index (κ2) is 4.00. The van der Waals surface area contributed by atoms with Gasteiger partial charge in [-0.2, -0.15) is 0 Å². The van der Waals surface area contributed by atoms with E-state index in [4.69, 9.17) is 10.8 Å². The third-order valence-electron chi connectivity index (χ3n) is 2.62. The molecule has 0 aromatic carbocycles. The van der Waals surface area contributed by atoms with Gasteiger partial charge in [0.1, 0.15) is 10.4 Å². The van der Waals surface area contributed by atoms with Crippen LogP contribution in [0.2, 0.25) is 0 Å².